The third-order valence-corrected chi connectivity index (χ3v) is 13.8. The van der Waals surface area contributed by atoms with Crippen molar-refractivity contribution in [1.82, 2.24) is 0 Å². The Morgan fingerprint density at radius 3 is 2.21 bits per heavy atom. The van der Waals surface area contributed by atoms with Gasteiger partial charge >= 0.3 is 5.97 Å². The maximum Gasteiger partial charge on any atom is 0.312 e. The summed E-state index contributed by atoms with van der Waals surface area (Å²) in [5.41, 5.74) is -1.20. The molecule has 0 heterocycles. The van der Waals surface area contributed by atoms with Crippen molar-refractivity contribution in [3.05, 3.63) is 0 Å². The summed E-state index contributed by atoms with van der Waals surface area (Å²) >= 11 is 0. The molecule has 0 spiro atoms. The molecular formula is C30H48O4. The molecule has 5 rings (SSSR count). The maximum absolute atomic E-state index is 14.3. The van der Waals surface area contributed by atoms with Crippen LogP contribution in [0.25, 0.3) is 0 Å². The summed E-state index contributed by atoms with van der Waals surface area (Å²) in [5.74, 6) is 1.62. The summed E-state index contributed by atoms with van der Waals surface area (Å²) in [4.78, 5) is 26.8. The molecule has 5 aliphatic rings. The van der Waals surface area contributed by atoms with Crippen LogP contribution < -0.4 is 0 Å². The van der Waals surface area contributed by atoms with Crippen molar-refractivity contribution in [2.24, 2.45) is 62.6 Å². The van der Waals surface area contributed by atoms with Gasteiger partial charge in [0.05, 0.1) is 11.5 Å². The van der Waals surface area contributed by atoms with Crippen molar-refractivity contribution in [3.63, 3.8) is 0 Å². The van der Waals surface area contributed by atoms with Crippen LogP contribution in [0.2, 0.25) is 0 Å². The number of aliphatic carboxylic acids is 1. The van der Waals surface area contributed by atoms with Crippen molar-refractivity contribution >= 4 is 11.8 Å². The van der Waals surface area contributed by atoms with Gasteiger partial charge in [-0.25, -0.2) is 0 Å². The summed E-state index contributed by atoms with van der Waals surface area (Å²) in [6.45, 7) is 16.3. The second-order valence-electron chi connectivity index (χ2n) is 14.8. The first kappa shape index (κ1) is 24.8. The number of carbonyl (C=O) groups excluding carboxylic acids is 1. The van der Waals surface area contributed by atoms with Gasteiger partial charge in [-0.2, -0.15) is 0 Å². The quantitative estimate of drug-likeness (QED) is 0.466. The van der Waals surface area contributed by atoms with Gasteiger partial charge in [-0.05, 0) is 110 Å². The van der Waals surface area contributed by atoms with E-state index in [9.17, 15) is 19.8 Å². The number of carboxylic acids is 1. The topological polar surface area (TPSA) is 74.6 Å². The molecule has 12 atom stereocenters. The third-order valence-electron chi connectivity index (χ3n) is 13.8. The number of hydrogen-bond acceptors (Lipinski definition) is 3. The minimum absolute atomic E-state index is 0.102. The van der Waals surface area contributed by atoms with Crippen LogP contribution in [-0.4, -0.2) is 28.1 Å². The van der Waals surface area contributed by atoms with Gasteiger partial charge in [0.15, 0.2) is 0 Å². The lowest BCUT2D eigenvalue weighted by Gasteiger charge is -2.73. The van der Waals surface area contributed by atoms with Gasteiger partial charge in [-0.15, -0.1) is 0 Å². The Bertz CT molecular complexity index is 898. The van der Waals surface area contributed by atoms with E-state index >= 15 is 0 Å². The van der Waals surface area contributed by atoms with Gasteiger partial charge in [0, 0.05) is 12.3 Å². The molecule has 0 aliphatic heterocycles. The minimum Gasteiger partial charge on any atom is -0.481 e. The number of rotatable bonds is 1. The average Bonchev–Trinajstić information content (AvgIpc) is 2.75. The van der Waals surface area contributed by atoms with Crippen molar-refractivity contribution in [3.8, 4) is 0 Å². The van der Waals surface area contributed by atoms with Gasteiger partial charge < -0.3 is 10.2 Å². The molecule has 5 aliphatic carbocycles. The summed E-state index contributed by atoms with van der Waals surface area (Å²) in [7, 11) is 0. The number of aliphatic hydroxyl groups is 1. The zero-order chi connectivity index (χ0) is 25.1. The van der Waals surface area contributed by atoms with Gasteiger partial charge in [-0.3, -0.25) is 9.59 Å². The molecule has 1 unspecified atom stereocenters. The van der Waals surface area contributed by atoms with Crippen LogP contribution in [0, 0.1) is 62.6 Å². The fourth-order valence-corrected chi connectivity index (χ4v) is 11.4. The standard InChI is InChI=1S/C30H48O4/c1-17-8-11-26(3)14-15-28(5)19(23(26)18(17)2)16-20(31)24-27(4)12-10-22(32)30(7,25(33)34)21(27)9-13-29(24,28)6/h17-19,21-24,32H,8-16H2,1-7H3,(H,33,34)/t17-,18+,19?,21-,22-,23+,24-,26-,27+,28-,29-,30-/m1/s1. The Hall–Kier alpha value is -0.900. The molecule has 0 amide bonds. The van der Waals surface area contributed by atoms with Crippen molar-refractivity contribution in [1.29, 1.82) is 0 Å². The Morgan fingerprint density at radius 2 is 1.56 bits per heavy atom. The summed E-state index contributed by atoms with van der Waals surface area (Å²) in [6, 6.07) is 0. The molecule has 0 bridgehead atoms. The highest BCUT2D eigenvalue weighted by molar-refractivity contribution is 5.85. The molecule has 4 nitrogen and oxygen atoms in total. The summed E-state index contributed by atoms with van der Waals surface area (Å²) < 4.78 is 0. The second kappa shape index (κ2) is 7.33. The molecule has 5 saturated carbocycles. The molecule has 0 saturated heterocycles. The van der Waals surface area contributed by atoms with E-state index < -0.39 is 17.5 Å². The first-order valence-electron chi connectivity index (χ1n) is 14.1. The molecule has 2 N–H and O–H groups in total. The van der Waals surface area contributed by atoms with Crippen molar-refractivity contribution in [2.75, 3.05) is 0 Å². The fraction of sp³-hybridized carbons (Fsp3) is 0.933. The lowest BCUT2D eigenvalue weighted by molar-refractivity contribution is -0.248. The van der Waals surface area contributed by atoms with E-state index in [1.165, 1.54) is 25.7 Å². The van der Waals surface area contributed by atoms with Crippen LogP contribution in [-0.2, 0) is 9.59 Å². The highest BCUT2D eigenvalue weighted by Crippen LogP contribution is 2.76. The lowest BCUT2D eigenvalue weighted by Crippen LogP contribution is -2.70. The van der Waals surface area contributed by atoms with Gasteiger partial charge in [-0.1, -0.05) is 41.5 Å². The Kier molecular flexibility index (Phi) is 5.34. The third kappa shape index (κ3) is 2.76. The van der Waals surface area contributed by atoms with E-state index in [1.54, 1.807) is 6.92 Å². The van der Waals surface area contributed by atoms with Crippen molar-refractivity contribution < 1.29 is 19.8 Å². The van der Waals surface area contributed by atoms with E-state index in [4.69, 9.17) is 0 Å². The number of Topliss-reactive ketones (excluding diaryl/α,β-unsaturated/α-hetero) is 1. The highest BCUT2D eigenvalue weighted by atomic mass is 16.4. The largest absolute Gasteiger partial charge is 0.481 e. The van der Waals surface area contributed by atoms with E-state index in [2.05, 4.69) is 41.5 Å². The number of fused-ring (bicyclic) bond motifs is 7. The summed E-state index contributed by atoms with van der Waals surface area (Å²) in [5, 5.41) is 21.1. The number of carbonyl (C=O) groups is 2. The molecular weight excluding hydrogens is 424 g/mol. The molecule has 0 radical (unpaired) electrons. The smallest absolute Gasteiger partial charge is 0.312 e. The van der Waals surface area contributed by atoms with Crippen LogP contribution in [0.4, 0.5) is 0 Å². The van der Waals surface area contributed by atoms with Gasteiger partial charge in [0.2, 0.25) is 0 Å². The number of aliphatic hydroxyl groups excluding tert-OH is 1. The Labute approximate surface area is 206 Å². The zero-order valence-electron chi connectivity index (χ0n) is 22.6. The predicted molar refractivity (Wildman–Crippen MR) is 133 cm³/mol. The average molecular weight is 473 g/mol. The Morgan fingerprint density at radius 1 is 0.882 bits per heavy atom. The monoisotopic (exact) mass is 472 g/mol. The minimum atomic E-state index is -1.18. The molecule has 0 aromatic heterocycles. The normalized spacial score (nSPS) is 59.3. The van der Waals surface area contributed by atoms with E-state index in [0.29, 0.717) is 47.7 Å². The lowest BCUT2D eigenvalue weighted by atomic mass is 9.31. The first-order valence-corrected chi connectivity index (χ1v) is 14.1. The van der Waals surface area contributed by atoms with Crippen LogP contribution in [0.1, 0.15) is 106 Å². The fourth-order valence-electron chi connectivity index (χ4n) is 11.4. The van der Waals surface area contributed by atoms with Crippen molar-refractivity contribution in [2.45, 2.75) is 112 Å². The molecule has 192 valence electrons. The zero-order valence-corrected chi connectivity index (χ0v) is 22.6. The molecule has 4 heteroatoms. The SMILES string of the molecule is C[C@H]1[C@H](C)CC[C@]2(C)CC[C@]3(C)C(CC(=O)[C@@H]4[C@@]5(C)CC[C@@H](O)[C@](C)(C(=O)O)[C@@H]5CC[C@]43C)[C@H]12. The molecule has 0 aromatic carbocycles. The highest BCUT2D eigenvalue weighted by Gasteiger charge is 2.73. The number of carboxylic acid groups (broad SMARTS) is 1. The predicted octanol–water partition coefficient (Wildman–Crippen LogP) is 6.35. The van der Waals surface area contributed by atoms with E-state index in [-0.39, 0.29) is 28.1 Å². The maximum atomic E-state index is 14.3. The van der Waals surface area contributed by atoms with Crippen LogP contribution >= 0.6 is 0 Å². The second-order valence-corrected chi connectivity index (χ2v) is 14.8. The van der Waals surface area contributed by atoms with E-state index in [0.717, 1.165) is 19.3 Å². The first-order chi connectivity index (χ1) is 15.7. The van der Waals surface area contributed by atoms with Crippen LogP contribution in [0.3, 0.4) is 0 Å². The van der Waals surface area contributed by atoms with E-state index in [1.807, 2.05) is 0 Å². The van der Waals surface area contributed by atoms with Gasteiger partial charge in [0.25, 0.3) is 0 Å². The summed E-state index contributed by atoms with van der Waals surface area (Å²) in [6.07, 6.45) is 7.80. The van der Waals surface area contributed by atoms with Crippen LogP contribution in [0.5, 0.6) is 0 Å². The van der Waals surface area contributed by atoms with Crippen LogP contribution in [0.15, 0.2) is 0 Å². The molecule has 34 heavy (non-hydrogen) atoms. The number of hydrogen-bond donors (Lipinski definition) is 2. The Balaban J connectivity index is 1.60. The molecule has 5 fully saturated rings. The molecule has 0 aromatic rings. The van der Waals surface area contributed by atoms with Gasteiger partial charge in [0.1, 0.15) is 5.78 Å². The number of ketones is 1.